The van der Waals surface area contributed by atoms with Crippen molar-refractivity contribution in [3.05, 3.63) is 46.0 Å². The monoisotopic (exact) mass is 358 g/mol. The lowest BCUT2D eigenvalue weighted by Crippen LogP contribution is -2.22. The molecule has 0 radical (unpaired) electrons. The molecule has 0 atom stereocenters. The number of methoxy groups -OCH3 is 1. The molecule has 25 heavy (non-hydrogen) atoms. The van der Waals surface area contributed by atoms with Crippen LogP contribution in [0.15, 0.2) is 29.3 Å². The normalized spacial score (nSPS) is 11.9. The van der Waals surface area contributed by atoms with Gasteiger partial charge >= 0.3 is 5.97 Å². The maximum atomic E-state index is 12.5. The molecule has 0 aliphatic carbocycles. The molecule has 0 fully saturated rings. The van der Waals surface area contributed by atoms with Crippen molar-refractivity contribution in [2.45, 2.75) is 20.4 Å². The number of fused-ring (bicyclic) bond motifs is 1. The summed E-state index contributed by atoms with van der Waals surface area (Å²) in [4.78, 5) is 28.9. The second-order valence-corrected chi connectivity index (χ2v) is 6.74. The number of esters is 1. The molecule has 8 heteroatoms. The van der Waals surface area contributed by atoms with Gasteiger partial charge in [-0.15, -0.1) is 0 Å². The predicted octanol–water partition coefficient (Wildman–Crippen LogP) is 1.97. The Kier molecular flexibility index (Phi) is 4.54. The van der Waals surface area contributed by atoms with E-state index in [4.69, 9.17) is 4.74 Å². The number of aromatic nitrogens is 3. The van der Waals surface area contributed by atoms with E-state index in [-0.39, 0.29) is 12.2 Å². The summed E-state index contributed by atoms with van der Waals surface area (Å²) >= 11 is 1.36. The Bertz CT molecular complexity index is 1020. The van der Waals surface area contributed by atoms with Crippen LogP contribution in [0.3, 0.4) is 0 Å². The van der Waals surface area contributed by atoms with E-state index >= 15 is 0 Å². The van der Waals surface area contributed by atoms with Gasteiger partial charge in [-0.1, -0.05) is 17.4 Å². The van der Waals surface area contributed by atoms with Crippen molar-refractivity contribution in [2.24, 2.45) is 12.0 Å². The Balaban J connectivity index is 2.14. The number of hydrogen-bond donors (Lipinski definition) is 0. The summed E-state index contributed by atoms with van der Waals surface area (Å²) in [6, 6.07) is 7.56. The molecule has 3 rings (SSSR count). The van der Waals surface area contributed by atoms with Crippen LogP contribution in [0.4, 0.5) is 0 Å². The Morgan fingerprint density at radius 3 is 2.68 bits per heavy atom. The summed E-state index contributed by atoms with van der Waals surface area (Å²) in [6.45, 7) is 3.85. The van der Waals surface area contributed by atoms with Gasteiger partial charge in [0, 0.05) is 12.7 Å². The van der Waals surface area contributed by atoms with Crippen LogP contribution in [0.25, 0.3) is 10.2 Å². The van der Waals surface area contributed by atoms with Gasteiger partial charge in [0.1, 0.15) is 6.54 Å². The van der Waals surface area contributed by atoms with Crippen LogP contribution < -0.4 is 4.80 Å². The fraction of sp³-hybridized carbons (Fsp3) is 0.294. The molecular weight excluding hydrogens is 340 g/mol. The lowest BCUT2D eigenvalue weighted by atomic mass is 10.2. The summed E-state index contributed by atoms with van der Waals surface area (Å²) in [5.41, 5.74) is 3.08. The first-order valence-electron chi connectivity index (χ1n) is 7.65. The van der Waals surface area contributed by atoms with Crippen molar-refractivity contribution in [3.8, 4) is 0 Å². The Hall–Kier alpha value is -2.74. The summed E-state index contributed by atoms with van der Waals surface area (Å²) in [7, 11) is 3.10. The highest BCUT2D eigenvalue weighted by molar-refractivity contribution is 7.16. The third kappa shape index (κ3) is 3.39. The zero-order valence-electron chi connectivity index (χ0n) is 14.4. The number of thiazole rings is 1. The zero-order chi connectivity index (χ0) is 18.1. The van der Waals surface area contributed by atoms with E-state index in [1.54, 1.807) is 22.4 Å². The largest absolute Gasteiger partial charge is 0.468 e. The fourth-order valence-electron chi connectivity index (χ4n) is 2.42. The van der Waals surface area contributed by atoms with Crippen LogP contribution in [0.5, 0.6) is 0 Å². The second kappa shape index (κ2) is 6.64. The van der Waals surface area contributed by atoms with Gasteiger partial charge in [0.2, 0.25) is 0 Å². The molecule has 0 N–H and O–H groups in total. The molecule has 0 saturated heterocycles. The van der Waals surface area contributed by atoms with Crippen molar-refractivity contribution >= 4 is 33.4 Å². The minimum atomic E-state index is -0.439. The molecule has 2 heterocycles. The van der Waals surface area contributed by atoms with Crippen LogP contribution in [0.2, 0.25) is 0 Å². The van der Waals surface area contributed by atoms with Gasteiger partial charge in [0.25, 0.3) is 5.91 Å². The molecule has 3 aromatic rings. The number of amides is 1. The third-order valence-corrected chi connectivity index (χ3v) is 4.92. The predicted molar refractivity (Wildman–Crippen MR) is 94.4 cm³/mol. The number of hydrogen-bond acceptors (Lipinski definition) is 5. The minimum Gasteiger partial charge on any atom is -0.468 e. The van der Waals surface area contributed by atoms with E-state index in [0.717, 1.165) is 21.5 Å². The van der Waals surface area contributed by atoms with E-state index in [9.17, 15) is 9.59 Å². The summed E-state index contributed by atoms with van der Waals surface area (Å²) < 4.78 is 9.03. The number of rotatable bonds is 3. The van der Waals surface area contributed by atoms with Gasteiger partial charge in [0.15, 0.2) is 10.5 Å². The molecule has 1 amide bonds. The quantitative estimate of drug-likeness (QED) is 0.671. The van der Waals surface area contributed by atoms with Gasteiger partial charge in [-0.05, 0) is 37.6 Å². The smallest absolute Gasteiger partial charge is 0.325 e. The molecule has 0 bridgehead atoms. The van der Waals surface area contributed by atoms with E-state index in [0.29, 0.717) is 4.80 Å². The number of benzene rings is 1. The number of carbonyl (C=O) groups excluding carboxylic acids is 2. The number of nitrogens with zero attached hydrogens (tertiary/aromatic N) is 4. The van der Waals surface area contributed by atoms with Crippen molar-refractivity contribution in [3.63, 3.8) is 0 Å². The summed E-state index contributed by atoms with van der Waals surface area (Å²) in [5.74, 6) is -0.839. The van der Waals surface area contributed by atoms with Crippen LogP contribution in [0.1, 0.15) is 21.7 Å². The SMILES string of the molecule is COC(=O)Cn1c(=NC(=O)c2cc(C)n(C)n2)sc2cc(C)ccc21. The van der Waals surface area contributed by atoms with Crippen LogP contribution in [-0.2, 0) is 23.1 Å². The van der Waals surface area contributed by atoms with Gasteiger partial charge in [-0.25, -0.2) is 0 Å². The first-order valence-corrected chi connectivity index (χ1v) is 8.47. The molecule has 1 aromatic carbocycles. The van der Waals surface area contributed by atoms with Crippen LogP contribution in [0, 0.1) is 13.8 Å². The number of ether oxygens (including phenoxy) is 1. The first-order chi connectivity index (χ1) is 11.9. The molecule has 2 aromatic heterocycles. The Morgan fingerprint density at radius 1 is 1.28 bits per heavy atom. The standard InChI is InChI=1S/C17H18N4O3S/c1-10-5-6-13-14(7-10)25-17(21(13)9-15(22)24-4)18-16(23)12-8-11(2)20(3)19-12/h5-8H,9H2,1-4H3. The Labute approximate surface area is 148 Å². The maximum absolute atomic E-state index is 12.5. The second-order valence-electron chi connectivity index (χ2n) is 5.73. The van der Waals surface area contributed by atoms with E-state index in [1.807, 2.05) is 32.0 Å². The summed E-state index contributed by atoms with van der Waals surface area (Å²) in [5, 5.41) is 4.16. The molecule has 0 saturated carbocycles. The number of carbonyl (C=O) groups is 2. The molecule has 0 spiro atoms. The van der Waals surface area contributed by atoms with Gasteiger partial charge in [0.05, 0.1) is 17.3 Å². The van der Waals surface area contributed by atoms with E-state index in [1.165, 1.54) is 18.4 Å². The van der Waals surface area contributed by atoms with Crippen molar-refractivity contribution < 1.29 is 14.3 Å². The van der Waals surface area contributed by atoms with Gasteiger partial charge in [-0.2, -0.15) is 10.1 Å². The molecule has 0 aliphatic heterocycles. The maximum Gasteiger partial charge on any atom is 0.325 e. The van der Waals surface area contributed by atoms with Gasteiger partial charge in [-0.3, -0.25) is 14.3 Å². The van der Waals surface area contributed by atoms with Crippen LogP contribution >= 0.6 is 11.3 Å². The minimum absolute atomic E-state index is 0.00702. The summed E-state index contributed by atoms with van der Waals surface area (Å²) in [6.07, 6.45) is 0. The highest BCUT2D eigenvalue weighted by atomic mass is 32.1. The molecular formula is C17H18N4O3S. The van der Waals surface area contributed by atoms with Crippen LogP contribution in [-0.4, -0.2) is 33.3 Å². The Morgan fingerprint density at radius 2 is 2.04 bits per heavy atom. The van der Waals surface area contributed by atoms with Gasteiger partial charge < -0.3 is 9.30 Å². The van der Waals surface area contributed by atoms with Crippen molar-refractivity contribution in [1.29, 1.82) is 0 Å². The first kappa shape index (κ1) is 17.1. The van der Waals surface area contributed by atoms with E-state index < -0.39 is 11.9 Å². The zero-order valence-corrected chi connectivity index (χ0v) is 15.3. The van der Waals surface area contributed by atoms with Crippen molar-refractivity contribution in [1.82, 2.24) is 14.3 Å². The number of aryl methyl sites for hydroxylation is 3. The highest BCUT2D eigenvalue weighted by Gasteiger charge is 2.14. The van der Waals surface area contributed by atoms with Crippen molar-refractivity contribution in [2.75, 3.05) is 7.11 Å². The highest BCUT2D eigenvalue weighted by Crippen LogP contribution is 2.19. The third-order valence-electron chi connectivity index (χ3n) is 3.88. The fourth-order valence-corrected chi connectivity index (χ4v) is 3.55. The average Bonchev–Trinajstić information content (AvgIpc) is 3.07. The average molecular weight is 358 g/mol. The van der Waals surface area contributed by atoms with E-state index in [2.05, 4.69) is 10.1 Å². The topological polar surface area (TPSA) is 78.5 Å². The molecule has 130 valence electrons. The lowest BCUT2D eigenvalue weighted by molar-refractivity contribution is -0.141. The molecule has 0 unspecified atom stereocenters. The molecule has 7 nitrogen and oxygen atoms in total. The lowest BCUT2D eigenvalue weighted by Gasteiger charge is -2.03. The molecule has 0 aliphatic rings.